The number of benzene rings is 1. The van der Waals surface area contributed by atoms with Crippen molar-refractivity contribution in [1.29, 1.82) is 0 Å². The molecule has 6 heteroatoms. The fourth-order valence-corrected chi connectivity index (χ4v) is 1.86. The standard InChI is InChI=1S/C16H22F3NO2/c1-2-3-9-22-10-5-8-20-15(21)12-13-6-4-7-14(11-13)16(17,18)19/h4,6-7,11H,2-3,5,8-10,12H2,1H3,(H,20,21). The highest BCUT2D eigenvalue weighted by Crippen LogP contribution is 2.29. The molecule has 124 valence electrons. The zero-order valence-corrected chi connectivity index (χ0v) is 12.7. The average molecular weight is 317 g/mol. The molecule has 0 aliphatic carbocycles. The fraction of sp³-hybridized carbons (Fsp3) is 0.562. The number of ether oxygens (including phenoxy) is 1. The Hall–Kier alpha value is -1.56. The number of hydrogen-bond acceptors (Lipinski definition) is 2. The minimum atomic E-state index is -4.39. The maximum absolute atomic E-state index is 12.6. The van der Waals surface area contributed by atoms with Gasteiger partial charge in [-0.2, -0.15) is 13.2 Å². The average Bonchev–Trinajstić information content (AvgIpc) is 2.46. The second-order valence-corrected chi connectivity index (χ2v) is 5.04. The van der Waals surface area contributed by atoms with E-state index in [1.165, 1.54) is 12.1 Å². The Bertz CT molecular complexity index is 461. The lowest BCUT2D eigenvalue weighted by atomic mass is 10.1. The molecule has 22 heavy (non-hydrogen) atoms. The molecular formula is C16H22F3NO2. The van der Waals surface area contributed by atoms with Crippen LogP contribution in [0.25, 0.3) is 0 Å². The van der Waals surface area contributed by atoms with Crippen molar-refractivity contribution in [3.63, 3.8) is 0 Å². The third kappa shape index (κ3) is 7.45. The second-order valence-electron chi connectivity index (χ2n) is 5.04. The van der Waals surface area contributed by atoms with Crippen LogP contribution in [0.15, 0.2) is 24.3 Å². The molecule has 0 unspecified atom stereocenters. The van der Waals surface area contributed by atoms with Crippen LogP contribution in [0.4, 0.5) is 13.2 Å². The number of alkyl halides is 3. The van der Waals surface area contributed by atoms with E-state index < -0.39 is 11.7 Å². The zero-order chi connectivity index (χ0) is 16.4. The summed E-state index contributed by atoms with van der Waals surface area (Å²) in [6.07, 6.45) is -1.66. The predicted molar refractivity (Wildman–Crippen MR) is 78.5 cm³/mol. The molecule has 0 fully saturated rings. The first kappa shape index (κ1) is 18.5. The zero-order valence-electron chi connectivity index (χ0n) is 12.7. The summed E-state index contributed by atoms with van der Waals surface area (Å²) >= 11 is 0. The molecule has 0 radical (unpaired) electrons. The third-order valence-corrected chi connectivity index (χ3v) is 3.05. The molecule has 1 aromatic carbocycles. The first-order valence-electron chi connectivity index (χ1n) is 7.44. The van der Waals surface area contributed by atoms with Gasteiger partial charge in [0.15, 0.2) is 0 Å². The summed E-state index contributed by atoms with van der Waals surface area (Å²) in [5.74, 6) is -0.284. The molecule has 1 N–H and O–H groups in total. The van der Waals surface area contributed by atoms with Gasteiger partial charge in [-0.05, 0) is 24.5 Å². The molecule has 0 atom stereocenters. The van der Waals surface area contributed by atoms with Crippen molar-refractivity contribution in [2.75, 3.05) is 19.8 Å². The van der Waals surface area contributed by atoms with Crippen LogP contribution in [0.1, 0.15) is 37.3 Å². The summed E-state index contributed by atoms with van der Waals surface area (Å²) in [5, 5.41) is 2.68. The number of unbranched alkanes of at least 4 members (excludes halogenated alkanes) is 1. The Kier molecular flexibility index (Phi) is 7.95. The summed E-state index contributed by atoms with van der Waals surface area (Å²) < 4.78 is 43.1. The Morgan fingerprint density at radius 1 is 1.23 bits per heavy atom. The van der Waals surface area contributed by atoms with Gasteiger partial charge in [-0.1, -0.05) is 31.5 Å². The number of carbonyl (C=O) groups excluding carboxylic acids is 1. The number of amides is 1. The van der Waals surface area contributed by atoms with Crippen molar-refractivity contribution in [3.8, 4) is 0 Å². The molecule has 0 saturated heterocycles. The van der Waals surface area contributed by atoms with E-state index >= 15 is 0 Å². The summed E-state index contributed by atoms with van der Waals surface area (Å²) in [6.45, 7) is 3.83. The van der Waals surface area contributed by atoms with Crippen molar-refractivity contribution in [2.24, 2.45) is 0 Å². The minimum absolute atomic E-state index is 0.0549. The van der Waals surface area contributed by atoms with E-state index in [9.17, 15) is 18.0 Å². The second kappa shape index (κ2) is 9.46. The van der Waals surface area contributed by atoms with Crippen LogP contribution >= 0.6 is 0 Å². The summed E-state index contributed by atoms with van der Waals surface area (Å²) in [5.41, 5.74) is -0.381. The molecule has 0 heterocycles. The molecular weight excluding hydrogens is 295 g/mol. The Morgan fingerprint density at radius 2 is 1.95 bits per heavy atom. The van der Waals surface area contributed by atoms with Crippen molar-refractivity contribution in [2.45, 2.75) is 38.8 Å². The third-order valence-electron chi connectivity index (χ3n) is 3.05. The van der Waals surface area contributed by atoms with E-state index in [2.05, 4.69) is 12.2 Å². The van der Waals surface area contributed by atoms with Crippen LogP contribution < -0.4 is 5.32 Å². The van der Waals surface area contributed by atoms with E-state index in [1.807, 2.05) is 0 Å². The van der Waals surface area contributed by atoms with Crippen molar-refractivity contribution in [1.82, 2.24) is 5.32 Å². The number of hydrogen-bond donors (Lipinski definition) is 1. The van der Waals surface area contributed by atoms with Gasteiger partial charge < -0.3 is 10.1 Å². The normalized spacial score (nSPS) is 11.5. The highest BCUT2D eigenvalue weighted by Gasteiger charge is 2.30. The number of halogens is 3. The topological polar surface area (TPSA) is 38.3 Å². The molecule has 1 rings (SSSR count). The van der Waals surface area contributed by atoms with E-state index in [0.717, 1.165) is 25.0 Å². The van der Waals surface area contributed by atoms with Gasteiger partial charge in [-0.25, -0.2) is 0 Å². The highest BCUT2D eigenvalue weighted by atomic mass is 19.4. The first-order valence-corrected chi connectivity index (χ1v) is 7.44. The fourth-order valence-electron chi connectivity index (χ4n) is 1.86. The van der Waals surface area contributed by atoms with Crippen molar-refractivity contribution < 1.29 is 22.7 Å². The van der Waals surface area contributed by atoms with Crippen molar-refractivity contribution in [3.05, 3.63) is 35.4 Å². The SMILES string of the molecule is CCCCOCCCNC(=O)Cc1cccc(C(F)(F)F)c1. The van der Waals surface area contributed by atoms with Crippen molar-refractivity contribution >= 4 is 5.91 Å². The lowest BCUT2D eigenvalue weighted by Gasteiger charge is -2.09. The molecule has 0 aliphatic rings. The van der Waals surface area contributed by atoms with Crippen LogP contribution in [0.5, 0.6) is 0 Å². The van der Waals surface area contributed by atoms with E-state index in [0.29, 0.717) is 31.7 Å². The molecule has 1 aromatic rings. The monoisotopic (exact) mass is 317 g/mol. The van der Waals surface area contributed by atoms with Gasteiger partial charge in [0.1, 0.15) is 0 Å². The molecule has 0 spiro atoms. The molecule has 3 nitrogen and oxygen atoms in total. The summed E-state index contributed by atoms with van der Waals surface area (Å²) in [4.78, 5) is 11.7. The lowest BCUT2D eigenvalue weighted by Crippen LogP contribution is -2.27. The van der Waals surface area contributed by atoms with Crippen LogP contribution in [-0.4, -0.2) is 25.7 Å². The van der Waals surface area contributed by atoms with Gasteiger partial charge in [0.2, 0.25) is 5.91 Å². The van der Waals surface area contributed by atoms with Crippen LogP contribution in [-0.2, 0) is 22.1 Å². The minimum Gasteiger partial charge on any atom is -0.381 e. The summed E-state index contributed by atoms with van der Waals surface area (Å²) in [6, 6.07) is 4.83. The first-order chi connectivity index (χ1) is 10.4. The Morgan fingerprint density at radius 3 is 2.64 bits per heavy atom. The molecule has 0 bridgehead atoms. The van der Waals surface area contributed by atoms with Crippen LogP contribution in [0.3, 0.4) is 0 Å². The quantitative estimate of drug-likeness (QED) is 0.707. The van der Waals surface area contributed by atoms with Gasteiger partial charge in [-0.3, -0.25) is 4.79 Å². The van der Waals surface area contributed by atoms with Gasteiger partial charge in [0.05, 0.1) is 12.0 Å². The largest absolute Gasteiger partial charge is 0.416 e. The van der Waals surface area contributed by atoms with Gasteiger partial charge in [-0.15, -0.1) is 0 Å². The molecule has 0 saturated carbocycles. The Balaban J connectivity index is 2.28. The van der Waals surface area contributed by atoms with E-state index in [-0.39, 0.29) is 12.3 Å². The number of rotatable bonds is 9. The van der Waals surface area contributed by atoms with Gasteiger partial charge >= 0.3 is 6.18 Å². The Labute approximate surface area is 128 Å². The number of nitrogens with one attached hydrogen (secondary N) is 1. The molecule has 0 aromatic heterocycles. The smallest absolute Gasteiger partial charge is 0.381 e. The predicted octanol–water partition coefficient (Wildman–Crippen LogP) is 3.57. The number of carbonyl (C=O) groups is 1. The maximum Gasteiger partial charge on any atom is 0.416 e. The van der Waals surface area contributed by atoms with Gasteiger partial charge in [0.25, 0.3) is 0 Å². The maximum atomic E-state index is 12.6. The van der Waals surface area contributed by atoms with E-state index in [4.69, 9.17) is 4.74 Å². The van der Waals surface area contributed by atoms with Crippen LogP contribution in [0, 0.1) is 0 Å². The highest BCUT2D eigenvalue weighted by molar-refractivity contribution is 5.78. The molecule has 0 aliphatic heterocycles. The van der Waals surface area contributed by atoms with Crippen LogP contribution in [0.2, 0.25) is 0 Å². The summed E-state index contributed by atoms with van der Waals surface area (Å²) in [7, 11) is 0. The van der Waals surface area contributed by atoms with Gasteiger partial charge in [0, 0.05) is 19.8 Å². The molecule has 1 amide bonds. The lowest BCUT2D eigenvalue weighted by molar-refractivity contribution is -0.137. The van der Waals surface area contributed by atoms with E-state index in [1.54, 1.807) is 0 Å².